The molecule has 0 aromatic heterocycles. The van der Waals surface area contributed by atoms with Crippen LogP contribution in [0.2, 0.25) is 0 Å². The number of hydrogen-bond acceptors (Lipinski definition) is 1. The van der Waals surface area contributed by atoms with Gasteiger partial charge in [-0.05, 0) is 75.0 Å². The normalized spacial score (nSPS) is 52.4. The maximum Gasteiger partial charge on any atom is 0.142 e. The summed E-state index contributed by atoms with van der Waals surface area (Å²) in [5.41, 5.74) is 0.163. The Morgan fingerprint density at radius 2 is 1.47 bits per heavy atom. The van der Waals surface area contributed by atoms with Gasteiger partial charge in [0.2, 0.25) is 0 Å². The highest BCUT2D eigenvalue weighted by atomic mass is 16.1. The number of Topliss-reactive ketones (excluding diaryl/α,β-unsaturated/α-hetero) is 1. The van der Waals surface area contributed by atoms with Crippen molar-refractivity contribution < 1.29 is 4.79 Å². The monoisotopic (exact) mass is 260 g/mol. The maximum atomic E-state index is 13.2. The van der Waals surface area contributed by atoms with Crippen LogP contribution in [0.3, 0.4) is 0 Å². The van der Waals surface area contributed by atoms with E-state index in [-0.39, 0.29) is 5.41 Å². The zero-order chi connectivity index (χ0) is 13.0. The summed E-state index contributed by atoms with van der Waals surface area (Å²) < 4.78 is 0. The largest absolute Gasteiger partial charge is 0.299 e. The van der Waals surface area contributed by atoms with E-state index in [1.165, 1.54) is 64.2 Å². The molecule has 0 aromatic carbocycles. The van der Waals surface area contributed by atoms with Gasteiger partial charge in [-0.1, -0.05) is 19.8 Å². The number of hydrogen-bond donors (Lipinski definition) is 0. The molecule has 0 N–H and O–H groups in total. The molecule has 5 fully saturated rings. The van der Waals surface area contributed by atoms with E-state index >= 15 is 0 Å². The van der Waals surface area contributed by atoms with Crippen molar-refractivity contribution >= 4 is 5.78 Å². The first-order valence-corrected chi connectivity index (χ1v) is 8.69. The van der Waals surface area contributed by atoms with E-state index in [1.807, 2.05) is 0 Å². The van der Waals surface area contributed by atoms with Gasteiger partial charge in [-0.15, -0.1) is 0 Å². The Hall–Kier alpha value is -0.330. The molecule has 0 saturated heterocycles. The second-order valence-electron chi connectivity index (χ2n) is 8.53. The van der Waals surface area contributed by atoms with Crippen molar-refractivity contribution in [2.75, 3.05) is 0 Å². The van der Waals surface area contributed by atoms with E-state index in [0.717, 1.165) is 29.5 Å². The Morgan fingerprint density at radius 1 is 0.895 bits per heavy atom. The zero-order valence-electron chi connectivity index (χ0n) is 12.4. The summed E-state index contributed by atoms with van der Waals surface area (Å²) in [7, 11) is 0. The van der Waals surface area contributed by atoms with Crippen LogP contribution in [0.5, 0.6) is 0 Å². The number of ketones is 1. The van der Waals surface area contributed by atoms with E-state index < -0.39 is 0 Å². The lowest BCUT2D eigenvalue weighted by Gasteiger charge is -2.57. The van der Waals surface area contributed by atoms with Crippen molar-refractivity contribution in [3.63, 3.8) is 0 Å². The summed E-state index contributed by atoms with van der Waals surface area (Å²) in [4.78, 5) is 13.2. The fourth-order valence-electron chi connectivity index (χ4n) is 6.52. The Kier molecular flexibility index (Phi) is 2.83. The summed E-state index contributed by atoms with van der Waals surface area (Å²) in [6.07, 6.45) is 13.2. The second-order valence-corrected chi connectivity index (χ2v) is 8.53. The minimum Gasteiger partial charge on any atom is -0.299 e. The Balaban J connectivity index is 1.56. The third-order valence-electron chi connectivity index (χ3n) is 6.87. The van der Waals surface area contributed by atoms with Gasteiger partial charge in [0, 0.05) is 11.3 Å². The molecule has 4 bridgehead atoms. The van der Waals surface area contributed by atoms with Crippen LogP contribution in [0.15, 0.2) is 0 Å². The SMILES string of the molecule is CC1CCCC(C(=O)C23CC4CC(CC(C4)C2)C3)C1. The minimum atomic E-state index is 0.163. The Labute approximate surface area is 117 Å². The number of carbonyl (C=O) groups is 1. The van der Waals surface area contributed by atoms with E-state index in [2.05, 4.69) is 6.92 Å². The zero-order valence-corrected chi connectivity index (χ0v) is 12.4. The van der Waals surface area contributed by atoms with Crippen LogP contribution in [-0.2, 0) is 4.79 Å². The molecule has 0 aliphatic heterocycles. The highest BCUT2D eigenvalue weighted by Gasteiger charge is 2.55. The molecule has 1 heteroatoms. The van der Waals surface area contributed by atoms with Crippen molar-refractivity contribution in [2.45, 2.75) is 71.1 Å². The van der Waals surface area contributed by atoms with Gasteiger partial charge in [0.1, 0.15) is 5.78 Å². The Bertz CT molecular complexity index is 348. The van der Waals surface area contributed by atoms with E-state index in [0.29, 0.717) is 5.92 Å². The first kappa shape index (κ1) is 12.4. The van der Waals surface area contributed by atoms with Gasteiger partial charge in [0.25, 0.3) is 0 Å². The summed E-state index contributed by atoms with van der Waals surface area (Å²) >= 11 is 0. The molecule has 0 radical (unpaired) electrons. The smallest absolute Gasteiger partial charge is 0.142 e. The molecule has 19 heavy (non-hydrogen) atoms. The van der Waals surface area contributed by atoms with Gasteiger partial charge < -0.3 is 0 Å². The molecular formula is C18H28O. The lowest BCUT2D eigenvalue weighted by Crippen LogP contribution is -2.52. The van der Waals surface area contributed by atoms with Crippen LogP contribution in [0.1, 0.15) is 71.1 Å². The predicted molar refractivity (Wildman–Crippen MR) is 76.7 cm³/mol. The standard InChI is InChI=1S/C18H28O/c1-12-3-2-4-16(5-12)17(19)18-9-13-6-14(10-18)8-15(7-13)11-18/h12-16H,2-11H2,1H3. The van der Waals surface area contributed by atoms with E-state index in [9.17, 15) is 4.79 Å². The minimum absolute atomic E-state index is 0.163. The first-order valence-electron chi connectivity index (χ1n) is 8.69. The van der Waals surface area contributed by atoms with Crippen LogP contribution < -0.4 is 0 Å². The molecule has 1 nitrogen and oxygen atoms in total. The number of rotatable bonds is 2. The lowest BCUT2D eigenvalue weighted by molar-refractivity contribution is -0.149. The summed E-state index contributed by atoms with van der Waals surface area (Å²) in [6.45, 7) is 2.35. The van der Waals surface area contributed by atoms with Crippen molar-refractivity contribution in [1.82, 2.24) is 0 Å². The molecule has 106 valence electrons. The first-order chi connectivity index (χ1) is 9.14. The van der Waals surface area contributed by atoms with Gasteiger partial charge in [-0.25, -0.2) is 0 Å². The van der Waals surface area contributed by atoms with Gasteiger partial charge in [-0.3, -0.25) is 4.79 Å². The molecule has 2 atom stereocenters. The molecule has 0 spiro atoms. The molecule has 0 aromatic rings. The molecule has 5 rings (SSSR count). The summed E-state index contributed by atoms with van der Waals surface area (Å²) in [6, 6.07) is 0. The molecule has 5 aliphatic rings. The van der Waals surface area contributed by atoms with Gasteiger partial charge >= 0.3 is 0 Å². The quantitative estimate of drug-likeness (QED) is 0.709. The lowest BCUT2D eigenvalue weighted by atomic mass is 9.47. The highest BCUT2D eigenvalue weighted by Crippen LogP contribution is 2.61. The highest BCUT2D eigenvalue weighted by molar-refractivity contribution is 5.87. The molecule has 5 aliphatic carbocycles. The average Bonchev–Trinajstić information content (AvgIpc) is 2.36. The van der Waals surface area contributed by atoms with Crippen LogP contribution >= 0.6 is 0 Å². The van der Waals surface area contributed by atoms with Crippen molar-refractivity contribution in [1.29, 1.82) is 0 Å². The average molecular weight is 260 g/mol. The van der Waals surface area contributed by atoms with Crippen LogP contribution in [0.25, 0.3) is 0 Å². The Morgan fingerprint density at radius 3 is 2.00 bits per heavy atom. The summed E-state index contributed by atoms with van der Waals surface area (Å²) in [5, 5.41) is 0. The van der Waals surface area contributed by atoms with Crippen LogP contribution in [0, 0.1) is 35.0 Å². The third kappa shape index (κ3) is 1.99. The molecular weight excluding hydrogens is 232 g/mol. The van der Waals surface area contributed by atoms with Gasteiger partial charge in [0.05, 0.1) is 0 Å². The second kappa shape index (κ2) is 4.33. The van der Waals surface area contributed by atoms with Crippen LogP contribution in [-0.4, -0.2) is 5.78 Å². The van der Waals surface area contributed by atoms with E-state index in [1.54, 1.807) is 0 Å². The molecule has 2 unspecified atom stereocenters. The topological polar surface area (TPSA) is 17.1 Å². The van der Waals surface area contributed by atoms with Crippen molar-refractivity contribution in [3.05, 3.63) is 0 Å². The molecule has 0 heterocycles. The van der Waals surface area contributed by atoms with E-state index in [4.69, 9.17) is 0 Å². The fourth-order valence-corrected chi connectivity index (χ4v) is 6.52. The fraction of sp³-hybridized carbons (Fsp3) is 0.944. The van der Waals surface area contributed by atoms with Crippen molar-refractivity contribution in [2.24, 2.45) is 35.0 Å². The van der Waals surface area contributed by atoms with Gasteiger partial charge in [0.15, 0.2) is 0 Å². The number of carbonyl (C=O) groups excluding carboxylic acids is 1. The summed E-state index contributed by atoms with van der Waals surface area (Å²) in [5.74, 6) is 4.68. The molecule has 5 saturated carbocycles. The predicted octanol–water partition coefficient (Wildman–Crippen LogP) is 4.60. The molecule has 0 amide bonds. The van der Waals surface area contributed by atoms with Crippen molar-refractivity contribution in [3.8, 4) is 0 Å². The van der Waals surface area contributed by atoms with Gasteiger partial charge in [-0.2, -0.15) is 0 Å². The third-order valence-corrected chi connectivity index (χ3v) is 6.87. The maximum absolute atomic E-state index is 13.2. The van der Waals surface area contributed by atoms with Crippen LogP contribution in [0.4, 0.5) is 0 Å².